The van der Waals surface area contributed by atoms with Crippen molar-refractivity contribution in [1.29, 1.82) is 0 Å². The van der Waals surface area contributed by atoms with Gasteiger partial charge >= 0.3 is 0 Å². The molecule has 208 valence electrons. The van der Waals surface area contributed by atoms with Crippen LogP contribution in [0.5, 0.6) is 11.5 Å². The van der Waals surface area contributed by atoms with Gasteiger partial charge in [0.25, 0.3) is 5.91 Å². The minimum atomic E-state index is -0.488. The van der Waals surface area contributed by atoms with Gasteiger partial charge in [-0.15, -0.1) is 0 Å². The van der Waals surface area contributed by atoms with Crippen LogP contribution >= 0.6 is 0 Å². The first-order valence-corrected chi connectivity index (χ1v) is 13.7. The number of aromatic nitrogens is 2. The summed E-state index contributed by atoms with van der Waals surface area (Å²) in [6.07, 6.45) is 2.95. The van der Waals surface area contributed by atoms with E-state index >= 15 is 0 Å². The zero-order valence-corrected chi connectivity index (χ0v) is 22.4. The standard InChI is InChI=1S/C29H37N5O5/c1-37-13-5-12-34-24-8-3-2-7-23(24)32-28(34)21-6-4-11-33(19-21)27(35)17-22(30)18-31-29(36)20-9-10-25-26(16-20)39-15-14-38-25/h2-3,7-10,16,21-22H,4-6,11-15,17-19,30H2,1H3,(H,31,36)/t21-,22-/m1/s1. The van der Waals surface area contributed by atoms with Crippen LogP contribution in [-0.4, -0.2) is 78.9 Å². The number of para-hydroxylation sites is 2. The van der Waals surface area contributed by atoms with Crippen LogP contribution in [0.2, 0.25) is 0 Å². The maximum absolute atomic E-state index is 13.2. The number of aryl methyl sites for hydroxylation is 1. The lowest BCUT2D eigenvalue weighted by Gasteiger charge is -2.33. The number of nitrogens with two attached hydrogens (primary N) is 1. The number of hydrogen-bond donors (Lipinski definition) is 2. The van der Waals surface area contributed by atoms with Crippen molar-refractivity contribution < 1.29 is 23.8 Å². The summed E-state index contributed by atoms with van der Waals surface area (Å²) in [6.45, 7) is 3.97. The van der Waals surface area contributed by atoms with Crippen molar-refractivity contribution in [2.75, 3.05) is 46.6 Å². The van der Waals surface area contributed by atoms with E-state index in [1.807, 2.05) is 23.1 Å². The molecule has 1 saturated heterocycles. The van der Waals surface area contributed by atoms with E-state index in [9.17, 15) is 9.59 Å². The Morgan fingerprint density at radius 2 is 2.00 bits per heavy atom. The van der Waals surface area contributed by atoms with Gasteiger partial charge in [-0.05, 0) is 49.6 Å². The molecular formula is C29H37N5O5. The second-order valence-electron chi connectivity index (χ2n) is 10.2. The van der Waals surface area contributed by atoms with Gasteiger partial charge in [0.15, 0.2) is 11.5 Å². The summed E-state index contributed by atoms with van der Waals surface area (Å²) < 4.78 is 18.6. The second-order valence-corrected chi connectivity index (χ2v) is 10.2. The van der Waals surface area contributed by atoms with Gasteiger partial charge < -0.3 is 34.7 Å². The number of nitrogens with zero attached hydrogens (tertiary/aromatic N) is 3. The zero-order valence-electron chi connectivity index (χ0n) is 22.4. The molecule has 0 unspecified atom stereocenters. The quantitative estimate of drug-likeness (QED) is 0.383. The van der Waals surface area contributed by atoms with Crippen LogP contribution in [0.3, 0.4) is 0 Å². The molecule has 2 aliphatic heterocycles. The van der Waals surface area contributed by atoms with Crippen molar-refractivity contribution in [1.82, 2.24) is 19.8 Å². The Kier molecular flexibility index (Phi) is 8.63. The van der Waals surface area contributed by atoms with E-state index in [0.717, 1.165) is 42.7 Å². The number of ether oxygens (including phenoxy) is 3. The second kappa shape index (κ2) is 12.5. The Hall–Kier alpha value is -3.63. The van der Waals surface area contributed by atoms with Crippen LogP contribution in [0.4, 0.5) is 0 Å². The van der Waals surface area contributed by atoms with Crippen LogP contribution in [0.15, 0.2) is 42.5 Å². The molecule has 0 radical (unpaired) electrons. The maximum atomic E-state index is 13.2. The molecule has 0 saturated carbocycles. The fourth-order valence-corrected chi connectivity index (χ4v) is 5.36. The van der Waals surface area contributed by atoms with E-state index in [4.69, 9.17) is 24.9 Å². The van der Waals surface area contributed by atoms with Gasteiger partial charge in [-0.2, -0.15) is 0 Å². The van der Waals surface area contributed by atoms with Crippen LogP contribution in [0.1, 0.15) is 47.8 Å². The molecule has 10 nitrogen and oxygen atoms in total. The van der Waals surface area contributed by atoms with Gasteiger partial charge in [0.1, 0.15) is 19.0 Å². The summed E-state index contributed by atoms with van der Waals surface area (Å²) in [5.74, 6) is 2.11. The number of imidazole rings is 1. The van der Waals surface area contributed by atoms with E-state index in [2.05, 4.69) is 16.0 Å². The van der Waals surface area contributed by atoms with Gasteiger partial charge in [-0.3, -0.25) is 9.59 Å². The lowest BCUT2D eigenvalue weighted by Crippen LogP contribution is -2.45. The van der Waals surface area contributed by atoms with E-state index in [1.54, 1.807) is 25.3 Å². The number of fused-ring (bicyclic) bond motifs is 2. The predicted octanol–water partition coefficient (Wildman–Crippen LogP) is 2.70. The molecule has 3 heterocycles. The molecule has 5 rings (SSSR count). The number of hydrogen-bond acceptors (Lipinski definition) is 7. The van der Waals surface area contributed by atoms with Gasteiger partial charge in [0.2, 0.25) is 5.91 Å². The number of piperidine rings is 1. The van der Waals surface area contributed by atoms with Crippen molar-refractivity contribution in [2.45, 2.75) is 44.2 Å². The molecule has 0 spiro atoms. The van der Waals surface area contributed by atoms with E-state index in [-0.39, 0.29) is 30.7 Å². The molecule has 2 aromatic carbocycles. The van der Waals surface area contributed by atoms with Crippen molar-refractivity contribution in [3.8, 4) is 11.5 Å². The first kappa shape index (κ1) is 27.0. The Balaban J connectivity index is 1.17. The number of methoxy groups -OCH3 is 1. The third kappa shape index (κ3) is 6.34. The van der Waals surface area contributed by atoms with Crippen LogP contribution in [0, 0.1) is 0 Å². The number of nitrogens with one attached hydrogen (secondary N) is 1. The largest absolute Gasteiger partial charge is 0.486 e. The van der Waals surface area contributed by atoms with Crippen molar-refractivity contribution >= 4 is 22.8 Å². The zero-order chi connectivity index (χ0) is 27.2. The van der Waals surface area contributed by atoms with Crippen molar-refractivity contribution in [2.24, 2.45) is 5.73 Å². The first-order chi connectivity index (χ1) is 19.0. The fraction of sp³-hybridized carbons (Fsp3) is 0.483. The Bertz CT molecular complexity index is 1310. The molecule has 3 N–H and O–H groups in total. The summed E-state index contributed by atoms with van der Waals surface area (Å²) in [5, 5.41) is 2.84. The maximum Gasteiger partial charge on any atom is 0.251 e. The average Bonchev–Trinajstić information content (AvgIpc) is 3.34. The smallest absolute Gasteiger partial charge is 0.251 e. The van der Waals surface area contributed by atoms with Gasteiger partial charge in [0, 0.05) is 63.8 Å². The summed E-state index contributed by atoms with van der Waals surface area (Å²) >= 11 is 0. The minimum absolute atomic E-state index is 0.00261. The Labute approximate surface area is 228 Å². The fourth-order valence-electron chi connectivity index (χ4n) is 5.36. The molecule has 1 aromatic heterocycles. The molecule has 39 heavy (non-hydrogen) atoms. The molecule has 2 aliphatic rings. The van der Waals surface area contributed by atoms with Crippen LogP contribution in [-0.2, 0) is 16.1 Å². The summed E-state index contributed by atoms with van der Waals surface area (Å²) in [6, 6.07) is 12.8. The van der Waals surface area contributed by atoms with Crippen LogP contribution < -0.4 is 20.5 Å². The lowest BCUT2D eigenvalue weighted by molar-refractivity contribution is -0.132. The van der Waals surface area contributed by atoms with Gasteiger partial charge in [-0.1, -0.05) is 12.1 Å². The average molecular weight is 536 g/mol. The van der Waals surface area contributed by atoms with E-state index < -0.39 is 6.04 Å². The SMILES string of the molecule is COCCCn1c([C@@H]2CCCN(C(=O)C[C@@H](N)CNC(=O)c3ccc4c(c3)OCCO4)C2)nc2ccccc21. The molecule has 3 aromatic rings. The van der Waals surface area contributed by atoms with Crippen molar-refractivity contribution in [3.63, 3.8) is 0 Å². The molecule has 1 fully saturated rings. The summed E-state index contributed by atoms with van der Waals surface area (Å²) in [4.78, 5) is 32.7. The van der Waals surface area contributed by atoms with Gasteiger partial charge in [0.05, 0.1) is 11.0 Å². The van der Waals surface area contributed by atoms with Crippen LogP contribution in [0.25, 0.3) is 11.0 Å². The highest BCUT2D eigenvalue weighted by Crippen LogP contribution is 2.31. The molecular weight excluding hydrogens is 498 g/mol. The third-order valence-corrected chi connectivity index (χ3v) is 7.32. The van der Waals surface area contributed by atoms with E-state index in [0.29, 0.717) is 50.0 Å². The summed E-state index contributed by atoms with van der Waals surface area (Å²) in [5.41, 5.74) is 8.82. The predicted molar refractivity (Wildman–Crippen MR) is 147 cm³/mol. The number of benzene rings is 2. The van der Waals surface area contributed by atoms with Gasteiger partial charge in [-0.25, -0.2) is 4.98 Å². The first-order valence-electron chi connectivity index (χ1n) is 13.7. The number of rotatable bonds is 10. The normalized spacial score (nSPS) is 17.7. The summed E-state index contributed by atoms with van der Waals surface area (Å²) in [7, 11) is 1.71. The lowest BCUT2D eigenvalue weighted by atomic mass is 9.96. The molecule has 2 amide bonds. The number of amides is 2. The number of carbonyl (C=O) groups excluding carboxylic acids is 2. The molecule has 0 bridgehead atoms. The Morgan fingerprint density at radius 3 is 2.85 bits per heavy atom. The Morgan fingerprint density at radius 1 is 1.18 bits per heavy atom. The highest BCUT2D eigenvalue weighted by Gasteiger charge is 2.29. The van der Waals surface area contributed by atoms with E-state index in [1.165, 1.54) is 0 Å². The molecule has 10 heteroatoms. The van der Waals surface area contributed by atoms with Crippen molar-refractivity contribution in [3.05, 3.63) is 53.9 Å². The number of likely N-dealkylation sites (tertiary alicyclic amines) is 1. The molecule has 0 aliphatic carbocycles. The highest BCUT2D eigenvalue weighted by atomic mass is 16.6. The third-order valence-electron chi connectivity index (χ3n) is 7.32. The monoisotopic (exact) mass is 535 g/mol. The number of carbonyl (C=O) groups is 2. The molecule has 2 atom stereocenters. The topological polar surface area (TPSA) is 121 Å². The highest BCUT2D eigenvalue weighted by molar-refractivity contribution is 5.95. The minimum Gasteiger partial charge on any atom is -0.486 e.